The van der Waals surface area contributed by atoms with Gasteiger partial charge < -0.3 is 30.5 Å². The van der Waals surface area contributed by atoms with Gasteiger partial charge in [-0.2, -0.15) is 18.2 Å². The molecule has 3 aromatic carbocycles. The van der Waals surface area contributed by atoms with Crippen molar-refractivity contribution in [1.82, 2.24) is 25.5 Å². The van der Waals surface area contributed by atoms with Gasteiger partial charge in [-0.15, -0.1) is 0 Å². The molecule has 0 radical (unpaired) electrons. The number of hydrogen-bond acceptors (Lipinski definition) is 8. The van der Waals surface area contributed by atoms with Crippen LogP contribution in [-0.4, -0.2) is 66.1 Å². The van der Waals surface area contributed by atoms with Gasteiger partial charge in [0.05, 0.1) is 12.8 Å². The van der Waals surface area contributed by atoms with Crippen molar-refractivity contribution in [3.63, 3.8) is 0 Å². The van der Waals surface area contributed by atoms with Crippen molar-refractivity contribution in [3.8, 4) is 5.75 Å². The summed E-state index contributed by atoms with van der Waals surface area (Å²) < 4.78 is 49.9. The Morgan fingerprint density at radius 1 is 0.941 bits per heavy atom. The number of alkyl halides is 3. The highest BCUT2D eigenvalue weighted by molar-refractivity contribution is 5.95. The summed E-state index contributed by atoms with van der Waals surface area (Å²) in [5.74, 6) is -0.0607. The largest absolute Gasteiger partial charge is 0.495 e. The van der Waals surface area contributed by atoms with Gasteiger partial charge in [-0.05, 0) is 75.1 Å². The molecule has 9 nitrogen and oxygen atoms in total. The molecule has 2 fully saturated rings. The van der Waals surface area contributed by atoms with Crippen molar-refractivity contribution >= 4 is 23.4 Å². The van der Waals surface area contributed by atoms with Crippen LogP contribution in [0.2, 0.25) is 0 Å². The quantitative estimate of drug-likeness (QED) is 0.143. The Morgan fingerprint density at radius 2 is 1.63 bits per heavy atom. The van der Waals surface area contributed by atoms with Crippen molar-refractivity contribution in [3.05, 3.63) is 107 Å². The topological polar surface area (TPSA) is 94.7 Å². The van der Waals surface area contributed by atoms with E-state index in [-0.39, 0.29) is 42.3 Å². The number of nitrogens with one attached hydrogen (secondary N) is 3. The fourth-order valence-electron chi connectivity index (χ4n) is 7.03. The molecule has 6 rings (SSSR count). The highest BCUT2D eigenvalue weighted by atomic mass is 19.4. The maximum absolute atomic E-state index is 14.8. The van der Waals surface area contributed by atoms with E-state index in [9.17, 15) is 18.0 Å². The lowest BCUT2D eigenvalue weighted by molar-refractivity contribution is -0.137. The molecule has 1 aliphatic carbocycles. The second-order valence-corrected chi connectivity index (χ2v) is 13.5. The van der Waals surface area contributed by atoms with Crippen molar-refractivity contribution in [2.75, 3.05) is 37.5 Å². The van der Waals surface area contributed by atoms with Gasteiger partial charge in [0, 0.05) is 43.0 Å². The predicted octanol–water partition coefficient (Wildman–Crippen LogP) is 7.18. The van der Waals surface area contributed by atoms with Crippen molar-refractivity contribution in [2.45, 2.75) is 75.9 Å². The number of anilines is 3. The summed E-state index contributed by atoms with van der Waals surface area (Å²) in [4.78, 5) is 25.9. The smallest absolute Gasteiger partial charge is 0.421 e. The Labute approximate surface area is 297 Å². The number of nitrogens with zero attached hydrogens (tertiary/aromatic N) is 4. The monoisotopic (exact) mass is 701 g/mol. The predicted molar refractivity (Wildman–Crippen MR) is 193 cm³/mol. The first-order valence-corrected chi connectivity index (χ1v) is 17.6. The zero-order valence-corrected chi connectivity index (χ0v) is 29.1. The van der Waals surface area contributed by atoms with E-state index in [1.165, 1.54) is 7.11 Å². The normalized spacial score (nSPS) is 18.6. The fraction of sp³-hybridized carbons (Fsp3) is 0.410. The minimum atomic E-state index is -4.69. The van der Waals surface area contributed by atoms with E-state index in [0.29, 0.717) is 30.0 Å². The molecule has 51 heavy (non-hydrogen) atoms. The van der Waals surface area contributed by atoms with E-state index in [1.54, 1.807) is 23.1 Å². The molecule has 4 aromatic rings. The molecule has 1 saturated heterocycles. The summed E-state index contributed by atoms with van der Waals surface area (Å²) in [5, 5.41) is 9.85. The second-order valence-electron chi connectivity index (χ2n) is 13.5. The molecule has 1 saturated carbocycles. The minimum Gasteiger partial charge on any atom is -0.495 e. The number of hydrogen-bond donors (Lipinski definition) is 3. The summed E-state index contributed by atoms with van der Waals surface area (Å²) in [5.41, 5.74) is 1.94. The molecule has 3 N–H and O–H groups in total. The first-order valence-electron chi connectivity index (χ1n) is 17.6. The molecular weight excluding hydrogens is 655 g/mol. The van der Waals surface area contributed by atoms with Crippen molar-refractivity contribution in [2.24, 2.45) is 0 Å². The first kappa shape index (κ1) is 36.1. The van der Waals surface area contributed by atoms with E-state index in [0.717, 1.165) is 62.5 Å². The maximum Gasteiger partial charge on any atom is 0.421 e. The molecule has 2 heterocycles. The third kappa shape index (κ3) is 9.36. The maximum atomic E-state index is 14.8. The van der Waals surface area contributed by atoms with Gasteiger partial charge in [0.25, 0.3) is 5.91 Å². The summed E-state index contributed by atoms with van der Waals surface area (Å²) in [6.45, 7) is 2.68. The number of ether oxygens (including phenoxy) is 1. The van der Waals surface area contributed by atoms with Crippen LogP contribution in [0.5, 0.6) is 5.75 Å². The molecular formula is C39H46F3N7O2. The van der Waals surface area contributed by atoms with E-state index >= 15 is 0 Å². The summed E-state index contributed by atoms with van der Waals surface area (Å²) in [6.07, 6.45) is 1.33. The number of amides is 1. The molecule has 0 spiro atoms. The van der Waals surface area contributed by atoms with Gasteiger partial charge in [-0.1, -0.05) is 73.5 Å². The molecule has 0 bridgehead atoms. The number of carbonyl (C=O) groups excluding carboxylic acids is 1. The summed E-state index contributed by atoms with van der Waals surface area (Å²) >= 11 is 0. The number of methoxy groups -OCH3 is 1. The second kappa shape index (κ2) is 16.6. The van der Waals surface area contributed by atoms with Crippen LogP contribution in [0.25, 0.3) is 0 Å². The number of aromatic nitrogens is 2. The van der Waals surface area contributed by atoms with E-state index in [2.05, 4.69) is 37.9 Å². The fourth-order valence-corrected chi connectivity index (χ4v) is 7.03. The van der Waals surface area contributed by atoms with Crippen LogP contribution in [0.4, 0.5) is 30.6 Å². The number of benzene rings is 3. The number of likely N-dealkylation sites (tertiary alicyclic amines) is 1. The number of rotatable bonds is 12. The third-order valence-electron chi connectivity index (χ3n) is 9.85. The molecule has 270 valence electrons. The molecule has 2 atom stereocenters. The summed E-state index contributed by atoms with van der Waals surface area (Å²) in [6, 6.07) is 24.2. The molecule has 1 aromatic heterocycles. The summed E-state index contributed by atoms with van der Waals surface area (Å²) in [7, 11) is 3.54. The van der Waals surface area contributed by atoms with Crippen LogP contribution in [0, 0.1) is 0 Å². The first-order chi connectivity index (χ1) is 24.7. The van der Waals surface area contributed by atoms with Crippen LogP contribution in [0.3, 0.4) is 0 Å². The van der Waals surface area contributed by atoms with E-state index in [4.69, 9.17) is 4.74 Å². The van der Waals surface area contributed by atoms with Crippen LogP contribution in [-0.2, 0) is 19.3 Å². The lowest BCUT2D eigenvalue weighted by Gasteiger charge is -2.42. The minimum absolute atomic E-state index is 0.0116. The van der Waals surface area contributed by atoms with Gasteiger partial charge in [0.15, 0.2) is 0 Å². The van der Waals surface area contributed by atoms with Gasteiger partial charge in [-0.25, -0.2) is 4.98 Å². The zero-order valence-electron chi connectivity index (χ0n) is 29.1. The zero-order chi connectivity index (χ0) is 35.8. The highest BCUT2D eigenvalue weighted by Gasteiger charge is 2.40. The Morgan fingerprint density at radius 3 is 2.31 bits per heavy atom. The molecule has 12 heteroatoms. The van der Waals surface area contributed by atoms with Gasteiger partial charge >= 0.3 is 6.18 Å². The Bertz CT molecular complexity index is 1730. The van der Waals surface area contributed by atoms with Crippen LogP contribution in [0.1, 0.15) is 65.6 Å². The Balaban J connectivity index is 1.30. The van der Waals surface area contributed by atoms with Gasteiger partial charge in [0.1, 0.15) is 17.1 Å². The molecule has 2 aliphatic rings. The molecule has 1 amide bonds. The number of halogens is 3. The van der Waals surface area contributed by atoms with Crippen molar-refractivity contribution < 1.29 is 22.7 Å². The van der Waals surface area contributed by atoms with Crippen LogP contribution >= 0.6 is 0 Å². The van der Waals surface area contributed by atoms with Gasteiger partial charge in [0.2, 0.25) is 5.95 Å². The Kier molecular flexibility index (Phi) is 11.7. The molecule has 1 unspecified atom stereocenters. The highest BCUT2D eigenvalue weighted by Crippen LogP contribution is 2.39. The standard InChI is InChI=1S/C39H46F3N7O2/c1-48-21-19-30(20-22-48)45-37(50)29-17-18-33(35(23-29)51-2)46-38-44-25-31(39(40,41)42)36(47-38)49(26-28-13-7-4-8-14-28)34-16-10-9-15-32(34)43-24-27-11-5-3-6-12-27/h3-8,11-14,17-18,23,25,30,32,34,43H,9-10,15-16,19-22,24,26H2,1-2H3,(H,45,50)(H,44,46,47)/t32-,34?/m1/s1. The Hall–Kier alpha value is -4.68. The van der Waals surface area contributed by atoms with E-state index in [1.807, 2.05) is 60.7 Å². The molecule has 1 aliphatic heterocycles. The SMILES string of the molecule is COc1cc(C(=O)NC2CCN(C)CC2)ccc1Nc1ncc(C(F)(F)F)c(N(Cc2ccccc2)C2CCCC[C@H]2NCc2ccccc2)n1. The number of carbonyl (C=O) groups is 1. The van der Waals surface area contributed by atoms with Gasteiger partial charge in [-0.3, -0.25) is 4.79 Å². The average molecular weight is 702 g/mol. The lowest BCUT2D eigenvalue weighted by atomic mass is 9.88. The lowest BCUT2D eigenvalue weighted by Crippen LogP contribution is -2.52. The third-order valence-corrected chi connectivity index (χ3v) is 9.85. The van der Waals surface area contributed by atoms with Crippen LogP contribution < -0.4 is 25.6 Å². The van der Waals surface area contributed by atoms with Crippen LogP contribution in [0.15, 0.2) is 85.1 Å². The van der Waals surface area contributed by atoms with Crippen molar-refractivity contribution in [1.29, 1.82) is 0 Å². The van der Waals surface area contributed by atoms with E-state index < -0.39 is 11.7 Å². The number of piperidine rings is 1. The average Bonchev–Trinajstić information content (AvgIpc) is 3.14.